The third-order valence-corrected chi connectivity index (χ3v) is 6.57. The number of aromatic nitrogens is 1. The smallest absolute Gasteiger partial charge is 0.192 e. The molecule has 26 heavy (non-hydrogen) atoms. The van der Waals surface area contributed by atoms with Crippen LogP contribution in [0, 0.1) is 5.82 Å². The predicted molar refractivity (Wildman–Crippen MR) is 109 cm³/mol. The normalized spacial score (nSPS) is 15.3. The maximum absolute atomic E-state index is 14.6. The van der Waals surface area contributed by atoms with Crippen molar-refractivity contribution in [2.24, 2.45) is 0 Å². The van der Waals surface area contributed by atoms with Crippen LogP contribution in [0.5, 0.6) is 0 Å². The molecule has 0 amide bonds. The predicted octanol–water partition coefficient (Wildman–Crippen LogP) is 6.55. The molecule has 1 saturated carbocycles. The van der Waals surface area contributed by atoms with Crippen LogP contribution in [0.1, 0.15) is 24.8 Å². The van der Waals surface area contributed by atoms with Crippen LogP contribution >= 0.6 is 34.9 Å². The maximum atomic E-state index is 14.6. The van der Waals surface area contributed by atoms with Gasteiger partial charge >= 0.3 is 0 Å². The van der Waals surface area contributed by atoms with E-state index < -0.39 is 0 Å². The average molecular weight is 406 g/mol. The number of halogens is 2. The fraction of sp³-hybridized carbons (Fsp3) is 0.211. The Morgan fingerprint density at radius 3 is 2.65 bits per heavy atom. The van der Waals surface area contributed by atoms with Crippen LogP contribution in [0.4, 0.5) is 15.2 Å². The SMILES string of the molecule is Fc1cc(NC2(c3ccccc3)CCC2)c(Cl)cc1SNc1nccs1. The lowest BCUT2D eigenvalue weighted by atomic mass is 9.71. The van der Waals surface area contributed by atoms with Crippen molar-refractivity contribution in [3.05, 3.63) is 70.4 Å². The third kappa shape index (κ3) is 3.54. The molecule has 134 valence electrons. The van der Waals surface area contributed by atoms with Gasteiger partial charge in [-0.15, -0.1) is 11.3 Å². The summed E-state index contributed by atoms with van der Waals surface area (Å²) >= 11 is 9.09. The highest BCUT2D eigenvalue weighted by Crippen LogP contribution is 2.45. The zero-order valence-electron chi connectivity index (χ0n) is 13.8. The van der Waals surface area contributed by atoms with Gasteiger partial charge in [0.1, 0.15) is 5.82 Å². The number of rotatable bonds is 6. The van der Waals surface area contributed by atoms with Gasteiger partial charge in [0.05, 0.1) is 21.1 Å². The average Bonchev–Trinajstić information content (AvgIpc) is 3.13. The summed E-state index contributed by atoms with van der Waals surface area (Å²) in [4.78, 5) is 4.56. The first kappa shape index (κ1) is 17.6. The first-order valence-electron chi connectivity index (χ1n) is 8.31. The summed E-state index contributed by atoms with van der Waals surface area (Å²) in [5, 5.41) is 6.60. The van der Waals surface area contributed by atoms with Crippen LogP contribution in [0.3, 0.4) is 0 Å². The van der Waals surface area contributed by atoms with E-state index in [2.05, 4.69) is 27.2 Å². The molecule has 3 aromatic rings. The monoisotopic (exact) mass is 405 g/mol. The lowest BCUT2D eigenvalue weighted by molar-refractivity contribution is 0.284. The van der Waals surface area contributed by atoms with Gasteiger partial charge in [-0.25, -0.2) is 9.37 Å². The molecule has 1 aromatic heterocycles. The van der Waals surface area contributed by atoms with Gasteiger partial charge in [0.15, 0.2) is 5.13 Å². The van der Waals surface area contributed by atoms with Crippen LogP contribution in [0.15, 0.2) is 58.9 Å². The zero-order valence-corrected chi connectivity index (χ0v) is 16.2. The summed E-state index contributed by atoms with van der Waals surface area (Å²) in [7, 11) is 0. The lowest BCUT2D eigenvalue weighted by Gasteiger charge is -2.44. The molecule has 0 saturated heterocycles. The summed E-state index contributed by atoms with van der Waals surface area (Å²) in [5.74, 6) is -0.312. The van der Waals surface area contributed by atoms with E-state index in [0.717, 1.165) is 24.4 Å². The van der Waals surface area contributed by atoms with Gasteiger partial charge in [0.25, 0.3) is 0 Å². The second-order valence-corrected chi connectivity index (χ2v) is 8.38. The number of benzene rings is 2. The zero-order chi connectivity index (χ0) is 18.0. The van der Waals surface area contributed by atoms with E-state index in [0.29, 0.717) is 15.6 Å². The number of thiazole rings is 1. The molecule has 0 bridgehead atoms. The number of hydrogen-bond acceptors (Lipinski definition) is 5. The van der Waals surface area contributed by atoms with Gasteiger partial charge in [0, 0.05) is 11.6 Å². The Morgan fingerprint density at radius 2 is 2.00 bits per heavy atom. The van der Waals surface area contributed by atoms with Crippen LogP contribution < -0.4 is 10.0 Å². The third-order valence-electron chi connectivity index (χ3n) is 4.61. The Balaban J connectivity index is 1.54. The molecule has 2 N–H and O–H groups in total. The molecule has 4 rings (SSSR count). The molecular formula is C19H17ClFN3S2. The molecule has 0 aliphatic heterocycles. The molecule has 7 heteroatoms. The van der Waals surface area contributed by atoms with Crippen molar-refractivity contribution in [1.82, 2.24) is 4.98 Å². The highest BCUT2D eigenvalue weighted by atomic mass is 35.5. The summed E-state index contributed by atoms with van der Waals surface area (Å²) < 4.78 is 17.6. The minimum absolute atomic E-state index is 0.162. The van der Waals surface area contributed by atoms with Crippen LogP contribution in [0.25, 0.3) is 0 Å². The first-order chi connectivity index (χ1) is 12.7. The molecule has 3 nitrogen and oxygen atoms in total. The molecule has 0 spiro atoms. The van der Waals surface area contributed by atoms with E-state index in [9.17, 15) is 4.39 Å². The van der Waals surface area contributed by atoms with E-state index >= 15 is 0 Å². The molecule has 0 unspecified atom stereocenters. The van der Waals surface area contributed by atoms with Gasteiger partial charge in [-0.2, -0.15) is 0 Å². The summed E-state index contributed by atoms with van der Waals surface area (Å²) in [6, 6.07) is 13.4. The van der Waals surface area contributed by atoms with Gasteiger partial charge in [-0.05, 0) is 48.9 Å². The van der Waals surface area contributed by atoms with E-state index in [1.165, 1.54) is 34.9 Å². The first-order valence-corrected chi connectivity index (χ1v) is 10.4. The van der Waals surface area contributed by atoms with Crippen molar-refractivity contribution in [3.8, 4) is 0 Å². The summed E-state index contributed by atoms with van der Waals surface area (Å²) in [5.41, 5.74) is 1.68. The van der Waals surface area contributed by atoms with Gasteiger partial charge < -0.3 is 10.0 Å². The Labute approximate surface area is 165 Å². The second-order valence-electron chi connectivity index (χ2n) is 6.23. The van der Waals surface area contributed by atoms with Crippen LogP contribution in [0.2, 0.25) is 5.02 Å². The van der Waals surface area contributed by atoms with E-state index in [-0.39, 0.29) is 11.4 Å². The van der Waals surface area contributed by atoms with Crippen LogP contribution in [-0.2, 0) is 5.54 Å². The Hall–Kier alpha value is -1.76. The largest absolute Gasteiger partial charge is 0.374 e. The minimum atomic E-state index is -0.312. The second kappa shape index (κ2) is 7.47. The number of nitrogens with zero attached hydrogens (tertiary/aromatic N) is 1. The van der Waals surface area contributed by atoms with E-state index in [1.807, 2.05) is 23.6 Å². The number of anilines is 2. The quantitative estimate of drug-likeness (QED) is 0.456. The molecule has 0 radical (unpaired) electrons. The number of nitrogens with one attached hydrogen (secondary N) is 2. The van der Waals surface area contributed by atoms with Gasteiger partial charge in [-0.3, -0.25) is 0 Å². The molecule has 1 fully saturated rings. The highest BCUT2D eigenvalue weighted by molar-refractivity contribution is 8.00. The number of hydrogen-bond donors (Lipinski definition) is 2. The van der Waals surface area contributed by atoms with Gasteiger partial charge in [-0.1, -0.05) is 41.9 Å². The maximum Gasteiger partial charge on any atom is 0.192 e. The molecule has 1 aliphatic carbocycles. The minimum Gasteiger partial charge on any atom is -0.374 e. The van der Waals surface area contributed by atoms with Crippen LogP contribution in [-0.4, -0.2) is 4.98 Å². The lowest BCUT2D eigenvalue weighted by Crippen LogP contribution is -2.42. The topological polar surface area (TPSA) is 37.0 Å². The van der Waals surface area contributed by atoms with Crippen molar-refractivity contribution in [3.63, 3.8) is 0 Å². The Morgan fingerprint density at radius 1 is 1.19 bits per heavy atom. The molecular weight excluding hydrogens is 389 g/mol. The standard InChI is InChI=1S/C19H17ClFN3S2/c20-14-11-17(26-24-18-22-9-10-25-18)15(21)12-16(14)23-19(7-4-8-19)13-5-2-1-3-6-13/h1-3,5-6,9-12,23H,4,7-8H2,(H,22,24). The molecule has 0 atom stereocenters. The highest BCUT2D eigenvalue weighted by Gasteiger charge is 2.39. The molecule has 2 aromatic carbocycles. The fourth-order valence-electron chi connectivity index (χ4n) is 3.11. The van der Waals surface area contributed by atoms with Crippen molar-refractivity contribution in [2.75, 3.05) is 10.0 Å². The van der Waals surface area contributed by atoms with Crippen molar-refractivity contribution >= 4 is 45.7 Å². The van der Waals surface area contributed by atoms with Crippen molar-refractivity contribution < 1.29 is 4.39 Å². The van der Waals surface area contributed by atoms with E-state index in [4.69, 9.17) is 11.6 Å². The summed E-state index contributed by atoms with van der Waals surface area (Å²) in [6.07, 6.45) is 4.87. The summed E-state index contributed by atoms with van der Waals surface area (Å²) in [6.45, 7) is 0. The van der Waals surface area contributed by atoms with Crippen molar-refractivity contribution in [1.29, 1.82) is 0 Å². The van der Waals surface area contributed by atoms with Gasteiger partial charge in [0.2, 0.25) is 0 Å². The fourth-order valence-corrected chi connectivity index (χ4v) is 4.65. The van der Waals surface area contributed by atoms with Crippen molar-refractivity contribution in [2.45, 2.75) is 29.7 Å². The molecule has 1 aliphatic rings. The Bertz CT molecular complexity index is 883. The van der Waals surface area contributed by atoms with E-state index in [1.54, 1.807) is 12.3 Å². The Kier molecular flexibility index (Phi) is 5.07. The molecule has 1 heterocycles.